The van der Waals surface area contributed by atoms with Crippen molar-refractivity contribution in [2.24, 2.45) is 0 Å². The van der Waals surface area contributed by atoms with Gasteiger partial charge in [-0.2, -0.15) is 0 Å². The number of rotatable bonds is 1. The molecule has 0 fully saturated rings. The van der Waals surface area contributed by atoms with E-state index in [9.17, 15) is 0 Å². The van der Waals surface area contributed by atoms with Crippen LogP contribution in [0.15, 0.2) is 0 Å². The topological polar surface area (TPSA) is 0 Å². The molecule has 0 nitrogen and oxygen atoms in total. The van der Waals surface area contributed by atoms with Crippen molar-refractivity contribution in [3.63, 3.8) is 0 Å². The quantitative estimate of drug-likeness (QED) is 0.637. The van der Waals surface area contributed by atoms with Crippen LogP contribution >= 0.6 is 0 Å². The van der Waals surface area contributed by atoms with E-state index in [1.54, 1.807) is 0 Å². The average molecular weight is 267 g/mol. The Morgan fingerprint density at radius 2 is 1.33 bits per heavy atom. The summed E-state index contributed by atoms with van der Waals surface area (Å²) >= 11 is -0.0162. The van der Waals surface area contributed by atoms with E-state index in [2.05, 4.69) is 24.3 Å². The molecule has 0 radical (unpaired) electrons. The van der Waals surface area contributed by atoms with Gasteiger partial charge in [0.2, 0.25) is 0 Å². The second kappa shape index (κ2) is 2.41. The van der Waals surface area contributed by atoms with E-state index >= 15 is 0 Å². The molecular weight excluding hydrogens is 255 g/mol. The van der Waals surface area contributed by atoms with Crippen molar-refractivity contribution in [1.82, 2.24) is 0 Å². The van der Waals surface area contributed by atoms with Gasteiger partial charge in [-0.05, 0) is 0 Å². The van der Waals surface area contributed by atoms with Crippen molar-refractivity contribution in [3.05, 3.63) is 0 Å². The van der Waals surface area contributed by atoms with Crippen LogP contribution in [0.5, 0.6) is 0 Å². The van der Waals surface area contributed by atoms with Crippen LogP contribution in [-0.2, 0) is 22.1 Å². The number of hydrogen-bond donors (Lipinski definition) is 0. The molecule has 0 N–H and O–H groups in total. The summed E-state index contributed by atoms with van der Waals surface area (Å²) in [6.07, 6.45) is 0. The minimum atomic E-state index is -0.437. The van der Waals surface area contributed by atoms with Crippen LogP contribution in [0.25, 0.3) is 0 Å². The van der Waals surface area contributed by atoms with Crippen molar-refractivity contribution in [2.45, 2.75) is 24.3 Å². The van der Waals surface area contributed by atoms with Crippen molar-refractivity contribution in [1.29, 1.82) is 0 Å². The Hall–Kier alpha value is 1.09. The van der Waals surface area contributed by atoms with Crippen LogP contribution in [0.4, 0.5) is 0 Å². The Morgan fingerprint density at radius 3 is 1.33 bits per heavy atom. The summed E-state index contributed by atoms with van der Waals surface area (Å²) in [5, 5.41) is -0.437. The first-order valence-electron chi connectivity index (χ1n) is 2.25. The molecule has 6 heavy (non-hydrogen) atoms. The molecular formula is C4H12HfSi. The normalized spacial score (nSPS) is 11.3. The Morgan fingerprint density at radius 1 is 1.17 bits per heavy atom. The van der Waals surface area contributed by atoms with E-state index < -0.39 is 5.26 Å². The van der Waals surface area contributed by atoms with Gasteiger partial charge in [-0.1, -0.05) is 0 Å². The van der Waals surface area contributed by atoms with E-state index in [4.69, 9.17) is 0 Å². The molecule has 0 heterocycles. The van der Waals surface area contributed by atoms with Gasteiger partial charge in [0.25, 0.3) is 0 Å². The summed E-state index contributed by atoms with van der Waals surface area (Å²) in [6, 6.07) is 0. The molecule has 0 atom stereocenters. The molecule has 0 bridgehead atoms. The van der Waals surface area contributed by atoms with Gasteiger partial charge >= 0.3 is 51.7 Å². The second-order valence-corrected chi connectivity index (χ2v) is 29.1. The third kappa shape index (κ3) is 5.09. The third-order valence-electron chi connectivity index (χ3n) is 0.750. The third-order valence-corrected chi connectivity index (χ3v) is 18.4. The summed E-state index contributed by atoms with van der Waals surface area (Å²) in [5.74, 6) is 0. The van der Waals surface area contributed by atoms with E-state index in [0.717, 1.165) is 0 Å². The van der Waals surface area contributed by atoms with Gasteiger partial charge in [0, 0.05) is 0 Å². The molecule has 0 saturated heterocycles. The first-order chi connectivity index (χ1) is 2.56. The zero-order valence-corrected chi connectivity index (χ0v) is 9.59. The Labute approximate surface area is 51.7 Å². The van der Waals surface area contributed by atoms with Crippen molar-refractivity contribution in [3.8, 4) is 0 Å². The maximum absolute atomic E-state index is 2.47. The standard InChI is InChI=1S/C3H9Si.CH3.Hf/c1-4(2)3;;/h1-3H3;1H3;. The summed E-state index contributed by atoms with van der Waals surface area (Å²) in [6.45, 7) is 7.41. The summed E-state index contributed by atoms with van der Waals surface area (Å²) in [4.78, 5) is 0. The maximum atomic E-state index is 2.47. The predicted octanol–water partition coefficient (Wildman–Crippen LogP) is 1.95. The molecule has 0 aromatic carbocycles. The molecule has 0 aromatic rings. The van der Waals surface area contributed by atoms with Gasteiger partial charge in [-0.3, -0.25) is 0 Å². The van der Waals surface area contributed by atoms with Crippen molar-refractivity contribution in [2.75, 3.05) is 0 Å². The zero-order valence-electron chi connectivity index (χ0n) is 5.00. The molecule has 0 aliphatic rings. The molecule has 0 spiro atoms. The SMILES string of the molecule is [CH3][Hf][Si](C)(C)C. The molecule has 0 aliphatic carbocycles. The molecule has 0 aromatic heterocycles. The molecule has 2 heteroatoms. The molecule has 0 aliphatic heterocycles. The first-order valence-corrected chi connectivity index (χ1v) is 14.7. The molecule has 0 amide bonds. The monoisotopic (exact) mass is 268 g/mol. The Kier molecular flexibility index (Phi) is 2.84. The van der Waals surface area contributed by atoms with Crippen LogP contribution in [0.3, 0.4) is 0 Å². The number of hydrogen-bond acceptors (Lipinski definition) is 0. The molecule has 0 unspecified atom stereocenters. The van der Waals surface area contributed by atoms with Crippen LogP contribution < -0.4 is 0 Å². The Bertz CT molecular complexity index is 37.3. The first kappa shape index (κ1) is 7.09. The summed E-state index contributed by atoms with van der Waals surface area (Å²) < 4.78 is 2.46. The van der Waals surface area contributed by atoms with E-state index in [0.29, 0.717) is 0 Å². The summed E-state index contributed by atoms with van der Waals surface area (Å²) in [7, 11) is 0. The zero-order chi connectivity index (χ0) is 5.21. The fourth-order valence-electron chi connectivity index (χ4n) is 0. The molecule has 0 saturated carbocycles. The van der Waals surface area contributed by atoms with Gasteiger partial charge in [-0.25, -0.2) is 0 Å². The van der Waals surface area contributed by atoms with Gasteiger partial charge in [0.1, 0.15) is 0 Å². The molecule has 36 valence electrons. The van der Waals surface area contributed by atoms with Crippen molar-refractivity contribution >= 4 is 5.26 Å². The van der Waals surface area contributed by atoms with Gasteiger partial charge in [-0.15, -0.1) is 0 Å². The fraction of sp³-hybridized carbons (Fsp3) is 1.00. The van der Waals surface area contributed by atoms with Gasteiger partial charge in [0.15, 0.2) is 0 Å². The Balaban J connectivity index is 3.17. The second-order valence-electron chi connectivity index (χ2n) is 2.50. The fourth-order valence-corrected chi connectivity index (χ4v) is 0. The van der Waals surface area contributed by atoms with E-state index in [1.165, 1.54) is 0 Å². The predicted molar refractivity (Wildman–Crippen MR) is 29.2 cm³/mol. The van der Waals surface area contributed by atoms with Gasteiger partial charge in [0.05, 0.1) is 0 Å². The van der Waals surface area contributed by atoms with Crippen LogP contribution in [-0.4, -0.2) is 5.26 Å². The minimum absolute atomic E-state index is 0.0162. The van der Waals surface area contributed by atoms with Gasteiger partial charge < -0.3 is 0 Å². The van der Waals surface area contributed by atoms with E-state index in [-0.39, 0.29) is 22.1 Å². The summed E-state index contributed by atoms with van der Waals surface area (Å²) in [5.41, 5.74) is 0. The van der Waals surface area contributed by atoms with Crippen molar-refractivity contribution < 1.29 is 22.1 Å². The average Bonchev–Trinajstić information content (AvgIpc) is 1.35. The van der Waals surface area contributed by atoms with Crippen LogP contribution in [0.1, 0.15) is 0 Å². The molecule has 0 rings (SSSR count). The van der Waals surface area contributed by atoms with Crippen LogP contribution in [0, 0.1) is 0 Å². The van der Waals surface area contributed by atoms with E-state index in [1.807, 2.05) is 0 Å². The van der Waals surface area contributed by atoms with Crippen LogP contribution in [0.2, 0.25) is 24.3 Å².